The lowest BCUT2D eigenvalue weighted by Crippen LogP contribution is -2.29. The van der Waals surface area contributed by atoms with E-state index in [2.05, 4.69) is 5.32 Å². The lowest BCUT2D eigenvalue weighted by Gasteiger charge is -2.21. The van der Waals surface area contributed by atoms with Crippen molar-refractivity contribution in [2.45, 2.75) is 17.4 Å². The van der Waals surface area contributed by atoms with Gasteiger partial charge >= 0.3 is 0 Å². The van der Waals surface area contributed by atoms with Crippen molar-refractivity contribution in [3.63, 3.8) is 0 Å². The minimum Gasteiger partial charge on any atom is -0.375 e. The lowest BCUT2D eigenvalue weighted by molar-refractivity contribution is -0.112. The molecular weight excluding hydrogens is 380 g/mol. The number of amides is 1. The molecule has 1 saturated heterocycles. The molecule has 140 valence electrons. The summed E-state index contributed by atoms with van der Waals surface area (Å²) in [5, 5.41) is 16.7. The van der Waals surface area contributed by atoms with Crippen molar-refractivity contribution in [3.05, 3.63) is 36.0 Å². The molecule has 0 aromatic heterocycles. The highest BCUT2D eigenvalue weighted by molar-refractivity contribution is 7.91. The number of nitrogens with one attached hydrogen (secondary N) is 1. The molecule has 1 aromatic rings. The number of nitrogens with two attached hydrogens (primary N) is 1. The summed E-state index contributed by atoms with van der Waals surface area (Å²) >= 11 is 0. The Morgan fingerprint density at radius 3 is 2.46 bits per heavy atom. The third-order valence-electron chi connectivity index (χ3n) is 3.92. The van der Waals surface area contributed by atoms with Crippen LogP contribution in [0.2, 0.25) is 0 Å². The Morgan fingerprint density at radius 1 is 1.38 bits per heavy atom. The fraction of sp³-hybridized carbons (Fsp3) is 0.333. The standard InChI is InChI=1S/C15H18N4O5S2/c1-19(13-6-7-25(21,22)10-13)9-11(8-16)15(20)18-12-2-4-14(5-3-12)26(17,23)24/h2-5,9,13H,6-7,10H2,1H3,(H,18,20)(H2,17,23,24)/b11-9-. The predicted molar refractivity (Wildman–Crippen MR) is 95.0 cm³/mol. The van der Waals surface area contributed by atoms with Crippen molar-refractivity contribution in [3.8, 4) is 6.07 Å². The lowest BCUT2D eigenvalue weighted by atomic mass is 10.2. The highest BCUT2D eigenvalue weighted by Gasteiger charge is 2.30. The van der Waals surface area contributed by atoms with Gasteiger partial charge in [0.2, 0.25) is 10.0 Å². The summed E-state index contributed by atoms with van der Waals surface area (Å²) < 4.78 is 45.5. The summed E-state index contributed by atoms with van der Waals surface area (Å²) in [6, 6.07) is 6.65. The second kappa shape index (κ2) is 7.45. The van der Waals surface area contributed by atoms with Gasteiger partial charge in [-0.15, -0.1) is 0 Å². The number of sulfonamides is 1. The number of nitriles is 1. The zero-order chi connectivity index (χ0) is 19.5. The van der Waals surface area contributed by atoms with Gasteiger partial charge in [-0.2, -0.15) is 5.26 Å². The van der Waals surface area contributed by atoms with Crippen molar-refractivity contribution in [1.82, 2.24) is 4.90 Å². The van der Waals surface area contributed by atoms with E-state index in [1.807, 2.05) is 0 Å². The molecule has 2 rings (SSSR count). The quantitative estimate of drug-likeness (QED) is 0.515. The first kappa shape index (κ1) is 19.9. The van der Waals surface area contributed by atoms with Crippen LogP contribution in [0, 0.1) is 11.3 Å². The Kier molecular flexibility index (Phi) is 5.70. The number of carbonyl (C=O) groups excluding carboxylic acids is 1. The van der Waals surface area contributed by atoms with Gasteiger partial charge in [0.25, 0.3) is 5.91 Å². The molecule has 1 amide bonds. The maximum atomic E-state index is 12.2. The zero-order valence-corrected chi connectivity index (χ0v) is 15.5. The van der Waals surface area contributed by atoms with Crippen LogP contribution in [0.5, 0.6) is 0 Å². The Morgan fingerprint density at radius 2 is 2.00 bits per heavy atom. The molecule has 1 unspecified atom stereocenters. The molecule has 9 nitrogen and oxygen atoms in total. The molecule has 1 fully saturated rings. The van der Waals surface area contributed by atoms with Gasteiger partial charge in [-0.25, -0.2) is 22.0 Å². The number of hydrogen-bond donors (Lipinski definition) is 2. The summed E-state index contributed by atoms with van der Waals surface area (Å²) in [7, 11) is -5.31. The maximum absolute atomic E-state index is 12.2. The molecule has 1 heterocycles. The van der Waals surface area contributed by atoms with Crippen LogP contribution in [0.3, 0.4) is 0 Å². The molecular formula is C15H18N4O5S2. The van der Waals surface area contributed by atoms with E-state index in [1.165, 1.54) is 30.5 Å². The molecule has 0 radical (unpaired) electrons. The summed E-state index contributed by atoms with van der Waals surface area (Å²) in [5.41, 5.74) is 0.0852. The van der Waals surface area contributed by atoms with E-state index in [-0.39, 0.29) is 33.7 Å². The molecule has 26 heavy (non-hydrogen) atoms. The van der Waals surface area contributed by atoms with Gasteiger partial charge in [0.1, 0.15) is 11.6 Å². The van der Waals surface area contributed by atoms with Gasteiger partial charge in [0.05, 0.1) is 16.4 Å². The third-order valence-corrected chi connectivity index (χ3v) is 6.60. The Bertz CT molecular complexity index is 976. The van der Waals surface area contributed by atoms with Crippen molar-refractivity contribution in [2.75, 3.05) is 23.9 Å². The Balaban J connectivity index is 2.10. The highest BCUT2D eigenvalue weighted by Crippen LogP contribution is 2.18. The van der Waals surface area contributed by atoms with Crippen molar-refractivity contribution < 1.29 is 21.6 Å². The largest absolute Gasteiger partial charge is 0.375 e. The van der Waals surface area contributed by atoms with E-state index >= 15 is 0 Å². The minimum absolute atomic E-state index is 0.0185. The van der Waals surface area contributed by atoms with Crippen LogP contribution in [0.4, 0.5) is 5.69 Å². The number of hydrogen-bond acceptors (Lipinski definition) is 7. The molecule has 0 bridgehead atoms. The van der Waals surface area contributed by atoms with Gasteiger partial charge in [-0.3, -0.25) is 4.79 Å². The molecule has 1 atom stereocenters. The van der Waals surface area contributed by atoms with E-state index in [4.69, 9.17) is 5.14 Å². The van der Waals surface area contributed by atoms with Gasteiger partial charge < -0.3 is 10.2 Å². The third kappa shape index (κ3) is 5.04. The fourth-order valence-corrected chi connectivity index (χ4v) is 4.77. The fourth-order valence-electron chi connectivity index (χ4n) is 2.47. The monoisotopic (exact) mass is 398 g/mol. The van der Waals surface area contributed by atoms with Gasteiger partial charge in [-0.1, -0.05) is 0 Å². The first-order valence-electron chi connectivity index (χ1n) is 7.50. The number of anilines is 1. The molecule has 11 heteroatoms. The number of primary sulfonamides is 1. The van der Waals surface area contributed by atoms with Crippen LogP contribution in [-0.4, -0.2) is 52.2 Å². The molecule has 0 spiro atoms. The summed E-state index contributed by atoms with van der Waals surface area (Å²) in [6.07, 6.45) is 1.74. The van der Waals surface area contributed by atoms with E-state index in [0.717, 1.165) is 0 Å². The Labute approximate surface area is 152 Å². The smallest absolute Gasteiger partial charge is 0.267 e. The maximum Gasteiger partial charge on any atom is 0.267 e. The van der Waals surface area contributed by atoms with Gasteiger partial charge in [-0.05, 0) is 30.7 Å². The number of sulfone groups is 1. The summed E-state index contributed by atoms with van der Waals surface area (Å²) in [4.78, 5) is 13.7. The van der Waals surface area contributed by atoms with Crippen LogP contribution in [0.25, 0.3) is 0 Å². The zero-order valence-electron chi connectivity index (χ0n) is 13.9. The second-order valence-corrected chi connectivity index (χ2v) is 9.69. The highest BCUT2D eigenvalue weighted by atomic mass is 32.2. The number of nitrogens with zero attached hydrogens (tertiary/aromatic N) is 2. The summed E-state index contributed by atoms with van der Waals surface area (Å²) in [6.45, 7) is 0. The molecule has 3 N–H and O–H groups in total. The van der Waals surface area contributed by atoms with Crippen molar-refractivity contribution >= 4 is 31.5 Å². The average molecular weight is 398 g/mol. The normalized spacial score (nSPS) is 19.6. The SMILES string of the molecule is CN(/C=C(/C#N)C(=O)Nc1ccc(S(N)(=O)=O)cc1)C1CCS(=O)(=O)C1. The van der Waals surface area contributed by atoms with E-state index < -0.39 is 25.8 Å². The van der Waals surface area contributed by atoms with E-state index in [0.29, 0.717) is 6.42 Å². The first-order chi connectivity index (χ1) is 12.0. The van der Waals surface area contributed by atoms with Crippen LogP contribution < -0.4 is 10.5 Å². The number of carbonyl (C=O) groups is 1. The van der Waals surface area contributed by atoms with Crippen molar-refractivity contribution in [1.29, 1.82) is 5.26 Å². The van der Waals surface area contributed by atoms with Crippen LogP contribution >= 0.6 is 0 Å². The van der Waals surface area contributed by atoms with Crippen LogP contribution in [-0.2, 0) is 24.7 Å². The molecule has 1 aromatic carbocycles. The number of benzene rings is 1. The van der Waals surface area contributed by atoms with Crippen LogP contribution in [0.1, 0.15) is 6.42 Å². The summed E-state index contributed by atoms with van der Waals surface area (Å²) in [5.74, 6) is -0.626. The number of rotatable bonds is 5. The van der Waals surface area contributed by atoms with Gasteiger partial charge in [0.15, 0.2) is 9.84 Å². The molecule has 0 aliphatic carbocycles. The topological polar surface area (TPSA) is 150 Å². The van der Waals surface area contributed by atoms with E-state index in [9.17, 15) is 26.9 Å². The molecule has 0 saturated carbocycles. The van der Waals surface area contributed by atoms with Crippen LogP contribution in [0.15, 0.2) is 40.9 Å². The van der Waals surface area contributed by atoms with Gasteiger partial charge in [0, 0.05) is 25.0 Å². The average Bonchev–Trinajstić information content (AvgIpc) is 2.92. The predicted octanol–water partition coefficient (Wildman–Crippen LogP) is -0.201. The van der Waals surface area contributed by atoms with E-state index in [1.54, 1.807) is 18.0 Å². The molecule has 1 aliphatic heterocycles. The molecule has 1 aliphatic rings. The van der Waals surface area contributed by atoms with Crippen molar-refractivity contribution in [2.24, 2.45) is 5.14 Å². The second-order valence-electron chi connectivity index (χ2n) is 5.90. The first-order valence-corrected chi connectivity index (χ1v) is 10.9. The minimum atomic E-state index is -3.84. The Hall–Kier alpha value is -2.42.